The van der Waals surface area contributed by atoms with Gasteiger partial charge >= 0.3 is 6.09 Å². The Balaban J connectivity index is 1.59. The van der Waals surface area contributed by atoms with Gasteiger partial charge in [-0.2, -0.15) is 5.10 Å². The highest BCUT2D eigenvalue weighted by molar-refractivity contribution is 5.79. The van der Waals surface area contributed by atoms with Gasteiger partial charge in [0.2, 0.25) is 11.3 Å². The van der Waals surface area contributed by atoms with E-state index in [2.05, 4.69) is 15.7 Å². The van der Waals surface area contributed by atoms with E-state index < -0.39 is 11.7 Å². The number of rotatable bonds is 5. The van der Waals surface area contributed by atoms with Crippen molar-refractivity contribution in [3.05, 3.63) is 40.7 Å². The Labute approximate surface area is 176 Å². The minimum Gasteiger partial charge on any atom is -0.444 e. The number of alkyl carbamates (subject to hydrolysis) is 1. The van der Waals surface area contributed by atoms with Crippen LogP contribution in [0.25, 0.3) is 10.9 Å². The first kappa shape index (κ1) is 21.8. The molecule has 2 aromatic rings. The molecule has 3 rings (SSSR count). The van der Waals surface area contributed by atoms with Crippen LogP contribution >= 0.6 is 0 Å². The van der Waals surface area contributed by atoms with Crippen molar-refractivity contribution >= 4 is 22.9 Å². The summed E-state index contributed by atoms with van der Waals surface area (Å²) in [4.78, 5) is 36.7. The molecule has 2 atom stereocenters. The average Bonchev–Trinajstić information content (AvgIpc) is 2.68. The van der Waals surface area contributed by atoms with Crippen molar-refractivity contribution in [1.29, 1.82) is 0 Å². The molecule has 2 N–H and O–H groups in total. The molecule has 1 saturated carbocycles. The maximum atomic E-state index is 12.6. The third kappa shape index (κ3) is 5.81. The summed E-state index contributed by atoms with van der Waals surface area (Å²) in [5, 5.41) is 10.7. The number of aromatic nitrogens is 2. The third-order valence-electron chi connectivity index (χ3n) is 5.13. The van der Waals surface area contributed by atoms with Gasteiger partial charge in [0.15, 0.2) is 0 Å². The van der Waals surface area contributed by atoms with Crippen LogP contribution in [0.3, 0.4) is 0 Å². The van der Waals surface area contributed by atoms with Gasteiger partial charge in [0, 0.05) is 17.8 Å². The Morgan fingerprint density at radius 1 is 1.13 bits per heavy atom. The fraction of sp³-hybridized carbons (Fsp3) is 0.545. The standard InChI is InChI=1S/C22H30N4O4/c1-22(2,3)30-21(29)25-17-10-6-5-9-16(17)24-20(28)12-13-26-18-11-7-4-8-15(18)19(27)14-23-26/h4,7-8,11,14,16-17H,5-6,9-10,12-13H2,1-3H3,(H,24,28)(H,25,29)/t16-,17-/m1/s1. The van der Waals surface area contributed by atoms with Crippen LogP contribution in [0.2, 0.25) is 0 Å². The minimum atomic E-state index is -0.565. The van der Waals surface area contributed by atoms with Crippen LogP contribution in [-0.4, -0.2) is 39.5 Å². The summed E-state index contributed by atoms with van der Waals surface area (Å²) in [6.07, 6.45) is 4.67. The lowest BCUT2D eigenvalue weighted by atomic mass is 9.90. The van der Waals surface area contributed by atoms with Crippen LogP contribution in [0, 0.1) is 0 Å². The lowest BCUT2D eigenvalue weighted by molar-refractivity contribution is -0.122. The Morgan fingerprint density at radius 2 is 1.80 bits per heavy atom. The van der Waals surface area contributed by atoms with E-state index in [0.717, 1.165) is 25.7 Å². The summed E-state index contributed by atoms with van der Waals surface area (Å²) in [6, 6.07) is 6.95. The number of amides is 2. The molecule has 30 heavy (non-hydrogen) atoms. The van der Waals surface area contributed by atoms with Crippen LogP contribution in [0.1, 0.15) is 52.9 Å². The molecule has 8 heteroatoms. The van der Waals surface area contributed by atoms with Gasteiger partial charge in [-0.25, -0.2) is 4.79 Å². The summed E-state index contributed by atoms with van der Waals surface area (Å²) in [6.45, 7) is 5.83. The molecule has 8 nitrogen and oxygen atoms in total. The first-order valence-electron chi connectivity index (χ1n) is 10.5. The molecule has 0 unspecified atom stereocenters. The van der Waals surface area contributed by atoms with Gasteiger partial charge in [0.25, 0.3) is 0 Å². The highest BCUT2D eigenvalue weighted by Crippen LogP contribution is 2.20. The molecule has 1 aromatic carbocycles. The molecule has 162 valence electrons. The minimum absolute atomic E-state index is 0.109. The Morgan fingerprint density at radius 3 is 2.50 bits per heavy atom. The summed E-state index contributed by atoms with van der Waals surface area (Å²) in [5.41, 5.74) is 0.00826. The van der Waals surface area contributed by atoms with E-state index in [1.807, 2.05) is 39.0 Å². The number of para-hydroxylation sites is 1. The number of benzene rings is 1. The van der Waals surface area contributed by atoms with E-state index in [-0.39, 0.29) is 29.8 Å². The zero-order valence-corrected chi connectivity index (χ0v) is 17.8. The molecule has 1 aliphatic rings. The first-order valence-corrected chi connectivity index (χ1v) is 10.5. The van der Waals surface area contributed by atoms with Crippen molar-refractivity contribution in [2.24, 2.45) is 0 Å². The molecule has 0 aliphatic heterocycles. The fourth-order valence-corrected chi connectivity index (χ4v) is 3.76. The second-order valence-electron chi connectivity index (χ2n) is 8.71. The van der Waals surface area contributed by atoms with Gasteiger partial charge in [-0.05, 0) is 45.7 Å². The number of fused-ring (bicyclic) bond motifs is 1. The predicted octanol–water partition coefficient (Wildman–Crippen LogP) is 2.74. The van der Waals surface area contributed by atoms with Crippen LogP contribution in [-0.2, 0) is 16.1 Å². The molecule has 0 saturated heterocycles. The summed E-state index contributed by atoms with van der Waals surface area (Å²) in [5.74, 6) is -0.109. The summed E-state index contributed by atoms with van der Waals surface area (Å²) >= 11 is 0. The van der Waals surface area contributed by atoms with Gasteiger partial charge in [0.1, 0.15) is 5.60 Å². The number of nitrogens with zero attached hydrogens (tertiary/aromatic N) is 2. The summed E-state index contributed by atoms with van der Waals surface area (Å²) < 4.78 is 7.02. The number of carbonyl (C=O) groups excluding carboxylic acids is 2. The average molecular weight is 415 g/mol. The molecule has 1 aromatic heterocycles. The highest BCUT2D eigenvalue weighted by atomic mass is 16.6. The van der Waals surface area contributed by atoms with Gasteiger partial charge in [0.05, 0.1) is 24.3 Å². The van der Waals surface area contributed by atoms with E-state index in [4.69, 9.17) is 4.74 Å². The van der Waals surface area contributed by atoms with E-state index >= 15 is 0 Å². The van der Waals surface area contributed by atoms with Gasteiger partial charge in [-0.1, -0.05) is 25.0 Å². The van der Waals surface area contributed by atoms with E-state index in [1.54, 1.807) is 10.7 Å². The number of nitrogens with one attached hydrogen (secondary N) is 2. The summed E-state index contributed by atoms with van der Waals surface area (Å²) in [7, 11) is 0. The molecule has 2 amide bonds. The second-order valence-corrected chi connectivity index (χ2v) is 8.71. The molecule has 1 fully saturated rings. The Hall–Kier alpha value is -2.90. The van der Waals surface area contributed by atoms with E-state index in [1.165, 1.54) is 6.20 Å². The smallest absolute Gasteiger partial charge is 0.407 e. The van der Waals surface area contributed by atoms with Crippen molar-refractivity contribution in [2.45, 2.75) is 77.1 Å². The van der Waals surface area contributed by atoms with Crippen molar-refractivity contribution in [2.75, 3.05) is 0 Å². The van der Waals surface area contributed by atoms with Crippen molar-refractivity contribution in [3.63, 3.8) is 0 Å². The molecule has 0 radical (unpaired) electrons. The van der Waals surface area contributed by atoms with Gasteiger partial charge in [-0.15, -0.1) is 0 Å². The number of hydrogen-bond donors (Lipinski definition) is 2. The molecule has 0 spiro atoms. The van der Waals surface area contributed by atoms with Crippen LogP contribution < -0.4 is 16.1 Å². The van der Waals surface area contributed by atoms with Crippen LogP contribution in [0.15, 0.2) is 35.3 Å². The maximum Gasteiger partial charge on any atom is 0.407 e. The molecular weight excluding hydrogens is 384 g/mol. The number of carbonyl (C=O) groups is 2. The number of aryl methyl sites for hydroxylation is 1. The molecular formula is C22H30N4O4. The fourth-order valence-electron chi connectivity index (χ4n) is 3.76. The largest absolute Gasteiger partial charge is 0.444 e. The molecule has 1 aliphatic carbocycles. The maximum absolute atomic E-state index is 12.6. The third-order valence-corrected chi connectivity index (χ3v) is 5.13. The van der Waals surface area contributed by atoms with Crippen molar-refractivity contribution < 1.29 is 14.3 Å². The lowest BCUT2D eigenvalue weighted by Crippen LogP contribution is -2.54. The zero-order chi connectivity index (χ0) is 21.7. The van der Waals surface area contributed by atoms with E-state index in [0.29, 0.717) is 17.4 Å². The highest BCUT2D eigenvalue weighted by Gasteiger charge is 2.29. The van der Waals surface area contributed by atoms with E-state index in [9.17, 15) is 14.4 Å². The predicted molar refractivity (Wildman–Crippen MR) is 114 cm³/mol. The van der Waals surface area contributed by atoms with Crippen LogP contribution in [0.5, 0.6) is 0 Å². The number of hydrogen-bond acceptors (Lipinski definition) is 5. The molecule has 1 heterocycles. The van der Waals surface area contributed by atoms with Crippen molar-refractivity contribution in [1.82, 2.24) is 20.4 Å². The molecule has 0 bridgehead atoms. The van der Waals surface area contributed by atoms with Crippen molar-refractivity contribution in [3.8, 4) is 0 Å². The quantitative estimate of drug-likeness (QED) is 0.783. The normalized spacial score (nSPS) is 19.3. The van der Waals surface area contributed by atoms with Crippen LogP contribution in [0.4, 0.5) is 4.79 Å². The Kier molecular flexibility index (Phi) is 6.74. The topological polar surface area (TPSA) is 102 Å². The van der Waals surface area contributed by atoms with Gasteiger partial charge in [-0.3, -0.25) is 14.3 Å². The Bertz CT molecular complexity index is 963. The lowest BCUT2D eigenvalue weighted by Gasteiger charge is -2.33. The SMILES string of the molecule is CC(C)(C)OC(=O)N[C@@H]1CCCC[C@H]1NC(=O)CCn1ncc(=O)c2ccccc21. The number of ether oxygens (including phenoxy) is 1. The second kappa shape index (κ2) is 9.28. The van der Waals surface area contributed by atoms with Gasteiger partial charge < -0.3 is 15.4 Å². The first-order chi connectivity index (χ1) is 14.2. The monoisotopic (exact) mass is 414 g/mol. The zero-order valence-electron chi connectivity index (χ0n) is 17.8.